The summed E-state index contributed by atoms with van der Waals surface area (Å²) in [6.07, 6.45) is 2.38. The largest absolute Gasteiger partial charge is 0.314 e. The molecule has 0 saturated heterocycles. The zero-order valence-corrected chi connectivity index (χ0v) is 13.9. The molecule has 0 amide bonds. The highest BCUT2D eigenvalue weighted by molar-refractivity contribution is 5.36. The molecule has 1 heteroatoms. The van der Waals surface area contributed by atoms with Crippen LogP contribution in [-0.2, 0) is 6.42 Å². The van der Waals surface area contributed by atoms with Gasteiger partial charge in [0.25, 0.3) is 0 Å². The Morgan fingerprint density at radius 3 is 2.11 bits per heavy atom. The van der Waals surface area contributed by atoms with E-state index in [1.165, 1.54) is 35.1 Å². The van der Waals surface area contributed by atoms with Gasteiger partial charge in [0.2, 0.25) is 0 Å². The van der Waals surface area contributed by atoms with Crippen molar-refractivity contribution >= 4 is 0 Å². The summed E-state index contributed by atoms with van der Waals surface area (Å²) in [5, 5.41) is 3.64. The van der Waals surface area contributed by atoms with E-state index >= 15 is 0 Å². The Bertz CT molecular complexity index is 412. The van der Waals surface area contributed by atoms with Gasteiger partial charge < -0.3 is 5.32 Å². The van der Waals surface area contributed by atoms with Gasteiger partial charge in [0.1, 0.15) is 0 Å². The fourth-order valence-electron chi connectivity index (χ4n) is 2.68. The van der Waals surface area contributed by atoms with E-state index < -0.39 is 0 Å². The van der Waals surface area contributed by atoms with Gasteiger partial charge in [-0.15, -0.1) is 0 Å². The van der Waals surface area contributed by atoms with Crippen molar-refractivity contribution in [2.75, 3.05) is 6.54 Å². The van der Waals surface area contributed by atoms with Crippen LogP contribution < -0.4 is 5.32 Å². The fraction of sp³-hybridized carbons (Fsp3) is 0.667. The van der Waals surface area contributed by atoms with Gasteiger partial charge in [-0.25, -0.2) is 0 Å². The minimum absolute atomic E-state index is 0.323. The van der Waals surface area contributed by atoms with E-state index in [4.69, 9.17) is 0 Å². The Kier molecular flexibility index (Phi) is 5.61. The Morgan fingerprint density at radius 2 is 1.58 bits per heavy atom. The first-order valence-corrected chi connectivity index (χ1v) is 7.55. The molecule has 1 unspecified atom stereocenters. The molecule has 1 aromatic rings. The van der Waals surface area contributed by atoms with Crippen molar-refractivity contribution < 1.29 is 0 Å². The molecule has 1 aromatic carbocycles. The predicted molar refractivity (Wildman–Crippen MR) is 85.9 cm³/mol. The molecule has 0 saturated carbocycles. The van der Waals surface area contributed by atoms with E-state index in [1.807, 2.05) is 0 Å². The molecule has 19 heavy (non-hydrogen) atoms. The minimum Gasteiger partial charge on any atom is -0.314 e. The first-order valence-electron chi connectivity index (χ1n) is 7.55. The van der Waals surface area contributed by atoms with Gasteiger partial charge in [0.15, 0.2) is 0 Å². The zero-order chi connectivity index (χ0) is 14.6. The molecule has 0 aliphatic heterocycles. The van der Waals surface area contributed by atoms with Crippen LogP contribution in [-0.4, -0.2) is 12.6 Å². The van der Waals surface area contributed by atoms with Crippen LogP contribution in [0, 0.1) is 26.2 Å². The van der Waals surface area contributed by atoms with Crippen LogP contribution in [0.4, 0.5) is 0 Å². The van der Waals surface area contributed by atoms with Gasteiger partial charge in [-0.3, -0.25) is 0 Å². The molecule has 0 aromatic heterocycles. The van der Waals surface area contributed by atoms with E-state index in [0.29, 0.717) is 11.5 Å². The third kappa shape index (κ3) is 4.65. The Morgan fingerprint density at radius 1 is 1.00 bits per heavy atom. The Balaban J connectivity index is 2.77. The lowest BCUT2D eigenvalue weighted by Gasteiger charge is -2.31. The summed E-state index contributed by atoms with van der Waals surface area (Å²) in [5.74, 6) is 0. The van der Waals surface area contributed by atoms with Crippen molar-refractivity contribution in [2.24, 2.45) is 5.41 Å². The van der Waals surface area contributed by atoms with Crippen LogP contribution >= 0.6 is 0 Å². The maximum Gasteiger partial charge on any atom is 0.0119 e. The second-order valence-electron chi connectivity index (χ2n) is 6.88. The molecule has 0 spiro atoms. The average molecular weight is 261 g/mol. The maximum absolute atomic E-state index is 3.64. The summed E-state index contributed by atoms with van der Waals surface area (Å²) in [7, 11) is 0. The first-order chi connectivity index (χ1) is 8.75. The molecule has 0 radical (unpaired) electrons. The highest BCUT2D eigenvalue weighted by Gasteiger charge is 2.23. The van der Waals surface area contributed by atoms with Crippen molar-refractivity contribution in [3.8, 4) is 0 Å². The number of hydrogen-bond acceptors (Lipinski definition) is 1. The zero-order valence-electron chi connectivity index (χ0n) is 13.9. The smallest absolute Gasteiger partial charge is 0.0119 e. The Labute approximate surface area is 119 Å². The van der Waals surface area contributed by atoms with Crippen LogP contribution in [0.15, 0.2) is 12.1 Å². The van der Waals surface area contributed by atoms with Gasteiger partial charge in [0, 0.05) is 6.04 Å². The van der Waals surface area contributed by atoms with E-state index in [0.717, 1.165) is 6.54 Å². The molecule has 108 valence electrons. The summed E-state index contributed by atoms with van der Waals surface area (Å²) < 4.78 is 0. The summed E-state index contributed by atoms with van der Waals surface area (Å²) in [5.41, 5.74) is 6.09. The standard InChI is InChI=1S/C18H31N/c1-8-19-17(18(5,6)7)10-9-16-12-14(3)13(2)11-15(16)4/h11-12,17,19H,8-10H2,1-7H3. The molecular formula is C18H31N. The third-order valence-electron chi connectivity index (χ3n) is 4.15. The van der Waals surface area contributed by atoms with Crippen molar-refractivity contribution in [1.82, 2.24) is 5.32 Å². The normalized spacial score (nSPS) is 13.6. The van der Waals surface area contributed by atoms with Gasteiger partial charge in [-0.05, 0) is 67.8 Å². The molecule has 1 rings (SSSR count). The Hall–Kier alpha value is -0.820. The summed E-state index contributed by atoms with van der Waals surface area (Å²) in [6.45, 7) is 16.9. The van der Waals surface area contributed by atoms with E-state index in [1.54, 1.807) is 0 Å². The number of benzene rings is 1. The third-order valence-corrected chi connectivity index (χ3v) is 4.15. The quantitative estimate of drug-likeness (QED) is 0.819. The van der Waals surface area contributed by atoms with Crippen LogP contribution in [0.3, 0.4) is 0 Å². The summed E-state index contributed by atoms with van der Waals surface area (Å²) in [4.78, 5) is 0. The van der Waals surface area contributed by atoms with Gasteiger partial charge >= 0.3 is 0 Å². The fourth-order valence-corrected chi connectivity index (χ4v) is 2.68. The molecule has 1 nitrogen and oxygen atoms in total. The van der Waals surface area contributed by atoms with Crippen molar-refractivity contribution in [2.45, 2.75) is 67.3 Å². The van der Waals surface area contributed by atoms with E-state index in [9.17, 15) is 0 Å². The van der Waals surface area contributed by atoms with Crippen molar-refractivity contribution in [3.05, 3.63) is 34.4 Å². The van der Waals surface area contributed by atoms with Crippen molar-refractivity contribution in [1.29, 1.82) is 0 Å². The first kappa shape index (κ1) is 16.2. The number of rotatable bonds is 5. The molecular weight excluding hydrogens is 230 g/mol. The van der Waals surface area contributed by atoms with Crippen LogP contribution in [0.5, 0.6) is 0 Å². The van der Waals surface area contributed by atoms with Crippen LogP contribution in [0.2, 0.25) is 0 Å². The predicted octanol–water partition coefficient (Wildman–Crippen LogP) is 4.57. The summed E-state index contributed by atoms with van der Waals surface area (Å²) >= 11 is 0. The van der Waals surface area contributed by atoms with Crippen LogP contribution in [0.1, 0.15) is 56.4 Å². The molecule has 1 atom stereocenters. The van der Waals surface area contributed by atoms with Gasteiger partial charge in [-0.2, -0.15) is 0 Å². The molecule has 0 fully saturated rings. The molecule has 0 heterocycles. The maximum atomic E-state index is 3.64. The van der Waals surface area contributed by atoms with E-state index in [2.05, 4.69) is 65.9 Å². The van der Waals surface area contributed by atoms with Crippen molar-refractivity contribution in [3.63, 3.8) is 0 Å². The SMILES string of the molecule is CCNC(CCc1cc(C)c(C)cc1C)C(C)(C)C. The molecule has 0 aliphatic carbocycles. The number of aryl methyl sites for hydroxylation is 4. The van der Waals surface area contributed by atoms with Gasteiger partial charge in [-0.1, -0.05) is 39.8 Å². The number of hydrogen-bond donors (Lipinski definition) is 1. The lowest BCUT2D eigenvalue weighted by Crippen LogP contribution is -2.40. The topological polar surface area (TPSA) is 12.0 Å². The van der Waals surface area contributed by atoms with Crippen LogP contribution in [0.25, 0.3) is 0 Å². The average Bonchev–Trinajstić information content (AvgIpc) is 2.29. The molecule has 0 bridgehead atoms. The highest BCUT2D eigenvalue weighted by Crippen LogP contribution is 2.24. The highest BCUT2D eigenvalue weighted by atomic mass is 14.9. The molecule has 1 N–H and O–H groups in total. The minimum atomic E-state index is 0.323. The summed E-state index contributed by atoms with van der Waals surface area (Å²) in [6, 6.07) is 5.28. The van der Waals surface area contributed by atoms with E-state index in [-0.39, 0.29) is 0 Å². The monoisotopic (exact) mass is 261 g/mol. The lowest BCUT2D eigenvalue weighted by molar-refractivity contribution is 0.258. The second kappa shape index (κ2) is 6.56. The number of nitrogens with one attached hydrogen (secondary N) is 1. The second-order valence-corrected chi connectivity index (χ2v) is 6.88. The molecule has 0 aliphatic rings. The van der Waals surface area contributed by atoms with Gasteiger partial charge in [0.05, 0.1) is 0 Å². The lowest BCUT2D eigenvalue weighted by atomic mass is 9.82.